The van der Waals surface area contributed by atoms with Crippen molar-refractivity contribution >= 4 is 22.6 Å². The van der Waals surface area contributed by atoms with Crippen molar-refractivity contribution in [2.75, 3.05) is 0 Å². The Bertz CT molecular complexity index is 1200. The monoisotopic (exact) mass is 485 g/mol. The average molecular weight is 486 g/mol. The van der Waals surface area contributed by atoms with Crippen LogP contribution in [0.4, 0.5) is 0 Å². The molecule has 1 N–H and O–H groups in total. The van der Waals surface area contributed by atoms with E-state index in [0.717, 1.165) is 22.4 Å². The SMILES string of the molecule is CC(C)(C)CC(C)(C)c1cc(-n2nc3cc(Cl)ccc3[n+]2[O-])cc(C(C)(C)C(O)C(C)(C)C)c1. The van der Waals surface area contributed by atoms with Crippen LogP contribution in [-0.2, 0) is 10.8 Å². The molecular weight excluding hydrogens is 446 g/mol. The number of fused-ring (bicyclic) bond motifs is 1. The van der Waals surface area contributed by atoms with Crippen LogP contribution in [0.3, 0.4) is 0 Å². The van der Waals surface area contributed by atoms with E-state index in [-0.39, 0.29) is 16.2 Å². The van der Waals surface area contributed by atoms with Crippen molar-refractivity contribution in [3.05, 3.63) is 57.8 Å². The summed E-state index contributed by atoms with van der Waals surface area (Å²) < 4.78 is 0. The fourth-order valence-electron chi connectivity index (χ4n) is 5.30. The van der Waals surface area contributed by atoms with Crippen molar-refractivity contribution in [1.82, 2.24) is 9.90 Å². The quantitative estimate of drug-likeness (QED) is 0.322. The Morgan fingerprint density at radius 2 is 1.53 bits per heavy atom. The second-order valence-corrected chi connectivity index (χ2v) is 13.6. The number of aliphatic hydroxyl groups is 1. The molecule has 186 valence electrons. The summed E-state index contributed by atoms with van der Waals surface area (Å²) in [6.45, 7) is 21.4. The van der Waals surface area contributed by atoms with Gasteiger partial charge in [-0.15, -0.1) is 4.85 Å². The maximum absolute atomic E-state index is 13.2. The van der Waals surface area contributed by atoms with Crippen LogP contribution in [-0.4, -0.2) is 21.1 Å². The first kappa shape index (κ1) is 26.5. The Kier molecular flexibility index (Phi) is 6.64. The molecule has 0 radical (unpaired) electrons. The molecule has 1 unspecified atom stereocenters. The summed E-state index contributed by atoms with van der Waals surface area (Å²) >= 11 is 6.15. The predicted molar refractivity (Wildman–Crippen MR) is 141 cm³/mol. The Morgan fingerprint density at radius 3 is 2.09 bits per heavy atom. The van der Waals surface area contributed by atoms with Gasteiger partial charge in [-0.2, -0.15) is 0 Å². The first-order valence-electron chi connectivity index (χ1n) is 12.0. The molecule has 6 heteroatoms. The van der Waals surface area contributed by atoms with Gasteiger partial charge in [0.1, 0.15) is 5.69 Å². The lowest BCUT2D eigenvalue weighted by molar-refractivity contribution is -0.664. The zero-order valence-corrected chi connectivity index (χ0v) is 23.1. The Hall–Kier alpha value is -2.11. The summed E-state index contributed by atoms with van der Waals surface area (Å²) in [5.41, 5.74) is 2.86. The minimum Gasteiger partial charge on any atom is -0.692 e. The fraction of sp³-hybridized carbons (Fsp3) is 0.571. The van der Waals surface area contributed by atoms with E-state index in [0.29, 0.717) is 21.7 Å². The molecule has 5 nitrogen and oxygen atoms in total. The third-order valence-corrected chi connectivity index (χ3v) is 6.90. The molecular formula is C28H40ClN3O2. The molecule has 0 amide bonds. The largest absolute Gasteiger partial charge is 0.692 e. The third kappa shape index (κ3) is 5.26. The summed E-state index contributed by atoms with van der Waals surface area (Å²) in [7, 11) is 0. The van der Waals surface area contributed by atoms with E-state index in [2.05, 4.69) is 65.7 Å². The number of rotatable bonds is 5. The lowest BCUT2D eigenvalue weighted by Gasteiger charge is -2.40. The molecule has 0 aliphatic carbocycles. The highest BCUT2D eigenvalue weighted by Crippen LogP contribution is 2.42. The van der Waals surface area contributed by atoms with Gasteiger partial charge in [-0.3, -0.25) is 0 Å². The van der Waals surface area contributed by atoms with Crippen LogP contribution in [0.25, 0.3) is 16.7 Å². The molecule has 34 heavy (non-hydrogen) atoms. The number of aromatic nitrogens is 3. The summed E-state index contributed by atoms with van der Waals surface area (Å²) in [6, 6.07) is 11.3. The van der Waals surface area contributed by atoms with Crippen molar-refractivity contribution in [3.8, 4) is 5.69 Å². The number of hydrogen-bond acceptors (Lipinski definition) is 3. The molecule has 2 aromatic carbocycles. The Balaban J connectivity index is 2.29. The highest BCUT2D eigenvalue weighted by atomic mass is 35.5. The fourth-order valence-corrected chi connectivity index (χ4v) is 5.47. The smallest absolute Gasteiger partial charge is 0.251 e. The molecule has 1 atom stereocenters. The van der Waals surface area contributed by atoms with E-state index in [1.807, 2.05) is 26.8 Å². The van der Waals surface area contributed by atoms with Crippen LogP contribution in [0.15, 0.2) is 36.4 Å². The van der Waals surface area contributed by atoms with Crippen LogP contribution >= 0.6 is 11.6 Å². The standard InChI is InChI=1S/C28H40ClN3O2/c1-25(2,3)17-27(7,8)18-13-19(28(9,10)24(33)26(4,5)6)15-21(14-18)31-30-22-16-20(29)11-12-23(22)32(31)34/h11-16,24,33H,17H2,1-10H3. The number of aliphatic hydroxyl groups excluding tert-OH is 1. The summed E-state index contributed by atoms with van der Waals surface area (Å²) in [6.07, 6.45) is 0.364. The highest BCUT2D eigenvalue weighted by Gasteiger charge is 2.39. The van der Waals surface area contributed by atoms with Crippen LogP contribution in [0, 0.1) is 16.0 Å². The number of benzene rings is 2. The third-order valence-electron chi connectivity index (χ3n) is 6.67. The van der Waals surface area contributed by atoms with E-state index in [4.69, 9.17) is 11.6 Å². The normalized spacial score (nSPS) is 14.6. The molecule has 3 rings (SSSR count). The zero-order chi connectivity index (χ0) is 25.9. The van der Waals surface area contributed by atoms with Gasteiger partial charge >= 0.3 is 0 Å². The molecule has 1 heterocycles. The van der Waals surface area contributed by atoms with Crippen LogP contribution in [0.1, 0.15) is 86.8 Å². The topological polar surface area (TPSA) is 65.0 Å². The van der Waals surface area contributed by atoms with Crippen molar-refractivity contribution in [2.24, 2.45) is 10.8 Å². The van der Waals surface area contributed by atoms with Crippen LogP contribution in [0.2, 0.25) is 5.02 Å². The van der Waals surface area contributed by atoms with E-state index < -0.39 is 11.5 Å². The van der Waals surface area contributed by atoms with Crippen LogP contribution < -0.4 is 4.85 Å². The number of hydrogen-bond donors (Lipinski definition) is 1. The molecule has 1 aromatic heterocycles. The Labute approximate surface area is 209 Å². The Morgan fingerprint density at radius 1 is 0.941 bits per heavy atom. The molecule has 0 saturated carbocycles. The number of halogens is 1. The second kappa shape index (κ2) is 8.53. The minimum absolute atomic E-state index is 0.121. The van der Waals surface area contributed by atoms with E-state index in [1.165, 1.54) is 4.80 Å². The molecule has 0 spiro atoms. The van der Waals surface area contributed by atoms with Crippen LogP contribution in [0.5, 0.6) is 0 Å². The molecule has 0 saturated heterocycles. The second-order valence-electron chi connectivity index (χ2n) is 13.2. The molecule has 0 aliphatic rings. The maximum Gasteiger partial charge on any atom is 0.251 e. The maximum atomic E-state index is 13.2. The van der Waals surface area contributed by atoms with E-state index in [9.17, 15) is 10.3 Å². The summed E-state index contributed by atoms with van der Waals surface area (Å²) in [5.74, 6) is 0. The van der Waals surface area contributed by atoms with Crippen molar-refractivity contribution in [2.45, 2.75) is 92.6 Å². The van der Waals surface area contributed by atoms with E-state index in [1.54, 1.807) is 18.2 Å². The lowest BCUT2D eigenvalue weighted by Crippen LogP contribution is -2.43. The van der Waals surface area contributed by atoms with Gasteiger partial charge in [-0.25, -0.2) is 0 Å². The molecule has 0 bridgehead atoms. The van der Waals surface area contributed by atoms with Crippen molar-refractivity contribution in [3.63, 3.8) is 0 Å². The zero-order valence-electron chi connectivity index (χ0n) is 22.3. The number of nitrogens with zero attached hydrogens (tertiary/aromatic N) is 3. The molecule has 0 fully saturated rings. The molecule has 0 aliphatic heterocycles. The van der Waals surface area contributed by atoms with Crippen molar-refractivity contribution in [1.29, 1.82) is 0 Å². The van der Waals surface area contributed by atoms with Gasteiger partial charge in [0.05, 0.1) is 11.2 Å². The van der Waals surface area contributed by atoms with Gasteiger partial charge in [0, 0.05) is 16.5 Å². The van der Waals surface area contributed by atoms with Gasteiger partial charge in [-0.05, 0) is 62.9 Å². The van der Waals surface area contributed by atoms with E-state index >= 15 is 0 Å². The minimum atomic E-state index is -0.594. The first-order chi connectivity index (χ1) is 15.3. The van der Waals surface area contributed by atoms with Gasteiger partial charge < -0.3 is 10.3 Å². The van der Waals surface area contributed by atoms with Gasteiger partial charge in [0.25, 0.3) is 5.52 Å². The summed E-state index contributed by atoms with van der Waals surface area (Å²) in [5, 5.41) is 29.6. The van der Waals surface area contributed by atoms with Gasteiger partial charge in [0.15, 0.2) is 0 Å². The van der Waals surface area contributed by atoms with Crippen molar-refractivity contribution < 1.29 is 9.95 Å². The first-order valence-corrected chi connectivity index (χ1v) is 12.3. The highest BCUT2D eigenvalue weighted by molar-refractivity contribution is 6.31. The lowest BCUT2D eigenvalue weighted by atomic mass is 9.67. The van der Waals surface area contributed by atoms with Gasteiger partial charge in [0.2, 0.25) is 5.52 Å². The molecule has 3 aromatic rings. The summed E-state index contributed by atoms with van der Waals surface area (Å²) in [4.78, 5) is 2.19. The predicted octanol–water partition coefficient (Wildman–Crippen LogP) is 6.71. The van der Waals surface area contributed by atoms with Gasteiger partial charge in [-0.1, -0.05) is 86.9 Å². The average Bonchev–Trinajstić information content (AvgIpc) is 3.00.